The van der Waals surface area contributed by atoms with Gasteiger partial charge in [0.05, 0.1) is 0 Å². The monoisotopic (exact) mass is 239 g/mol. The van der Waals surface area contributed by atoms with Crippen molar-refractivity contribution in [2.24, 2.45) is 5.73 Å². The quantitative estimate of drug-likeness (QED) is 0.866. The summed E-state index contributed by atoms with van der Waals surface area (Å²) in [5.41, 5.74) is 11.0. The van der Waals surface area contributed by atoms with Gasteiger partial charge in [-0.1, -0.05) is 61.0 Å². The highest BCUT2D eigenvalue weighted by molar-refractivity contribution is 5.31. The molecule has 0 aliphatic carbocycles. The van der Waals surface area contributed by atoms with E-state index < -0.39 is 0 Å². The number of benzene rings is 2. The first-order chi connectivity index (χ1) is 8.69. The highest BCUT2D eigenvalue weighted by Gasteiger charge is 2.03. The van der Waals surface area contributed by atoms with E-state index in [-0.39, 0.29) is 0 Å². The second-order valence-electron chi connectivity index (χ2n) is 5.04. The molecule has 0 fully saturated rings. The van der Waals surface area contributed by atoms with Crippen molar-refractivity contribution < 1.29 is 0 Å². The van der Waals surface area contributed by atoms with E-state index in [4.69, 9.17) is 5.73 Å². The maximum Gasteiger partial charge on any atom is -0.00109 e. The van der Waals surface area contributed by atoms with Crippen molar-refractivity contribution in [3.63, 3.8) is 0 Å². The zero-order valence-corrected chi connectivity index (χ0v) is 11.2. The Kier molecular flexibility index (Phi) is 4.16. The van der Waals surface area contributed by atoms with Crippen LogP contribution in [0, 0.1) is 6.92 Å². The second kappa shape index (κ2) is 5.83. The Morgan fingerprint density at radius 1 is 0.889 bits per heavy atom. The fraction of sp³-hybridized carbons (Fsp3) is 0.294. The van der Waals surface area contributed by atoms with Crippen molar-refractivity contribution >= 4 is 0 Å². The Hall–Kier alpha value is -1.60. The molecule has 0 radical (unpaired) electrons. The van der Waals surface area contributed by atoms with Crippen LogP contribution in [0.5, 0.6) is 0 Å². The zero-order valence-electron chi connectivity index (χ0n) is 11.2. The fourth-order valence-electron chi connectivity index (χ4n) is 2.04. The van der Waals surface area contributed by atoms with Crippen LogP contribution in [-0.2, 0) is 6.42 Å². The lowest BCUT2D eigenvalue weighted by molar-refractivity contribution is 0.773. The maximum atomic E-state index is 5.68. The maximum absolute atomic E-state index is 5.68. The summed E-state index contributed by atoms with van der Waals surface area (Å²) < 4.78 is 0. The molecule has 2 N–H and O–H groups in total. The topological polar surface area (TPSA) is 26.0 Å². The zero-order chi connectivity index (χ0) is 13.0. The van der Waals surface area contributed by atoms with Gasteiger partial charge < -0.3 is 5.73 Å². The van der Waals surface area contributed by atoms with Crippen molar-refractivity contribution in [3.8, 4) is 0 Å². The minimum atomic E-state index is 0.443. The van der Waals surface area contributed by atoms with Crippen molar-refractivity contribution in [2.75, 3.05) is 6.54 Å². The van der Waals surface area contributed by atoms with Gasteiger partial charge in [0.25, 0.3) is 0 Å². The van der Waals surface area contributed by atoms with Crippen molar-refractivity contribution in [1.29, 1.82) is 0 Å². The SMILES string of the molecule is Cc1ccc(Cc2ccc(C(C)CN)cc2)cc1. The van der Waals surface area contributed by atoms with Crippen LogP contribution in [0.25, 0.3) is 0 Å². The summed E-state index contributed by atoms with van der Waals surface area (Å²) in [6.45, 7) is 4.99. The van der Waals surface area contributed by atoms with E-state index in [2.05, 4.69) is 62.4 Å². The molecule has 1 nitrogen and oxygen atoms in total. The normalized spacial score (nSPS) is 12.4. The van der Waals surface area contributed by atoms with Gasteiger partial charge in [-0.3, -0.25) is 0 Å². The molecule has 2 aromatic rings. The molecule has 0 heterocycles. The van der Waals surface area contributed by atoms with Crippen LogP contribution in [0.2, 0.25) is 0 Å². The molecule has 0 amide bonds. The van der Waals surface area contributed by atoms with E-state index in [0.29, 0.717) is 12.5 Å². The van der Waals surface area contributed by atoms with Gasteiger partial charge >= 0.3 is 0 Å². The summed E-state index contributed by atoms with van der Waals surface area (Å²) in [6.07, 6.45) is 0.998. The number of aryl methyl sites for hydroxylation is 1. The first-order valence-electron chi connectivity index (χ1n) is 6.53. The van der Waals surface area contributed by atoms with Gasteiger partial charge in [-0.15, -0.1) is 0 Å². The predicted molar refractivity (Wildman–Crippen MR) is 77.9 cm³/mol. The van der Waals surface area contributed by atoms with Crippen LogP contribution in [0.1, 0.15) is 35.1 Å². The van der Waals surface area contributed by atoms with Crippen LogP contribution in [0.3, 0.4) is 0 Å². The van der Waals surface area contributed by atoms with Crippen LogP contribution in [0.15, 0.2) is 48.5 Å². The minimum absolute atomic E-state index is 0.443. The molecule has 0 spiro atoms. The second-order valence-corrected chi connectivity index (χ2v) is 5.04. The number of hydrogen-bond acceptors (Lipinski definition) is 1. The van der Waals surface area contributed by atoms with Crippen molar-refractivity contribution in [1.82, 2.24) is 0 Å². The fourth-order valence-corrected chi connectivity index (χ4v) is 2.04. The smallest absolute Gasteiger partial charge is 0.00109 e. The lowest BCUT2D eigenvalue weighted by Crippen LogP contribution is -2.08. The largest absolute Gasteiger partial charge is 0.330 e. The molecule has 18 heavy (non-hydrogen) atoms. The average molecular weight is 239 g/mol. The van der Waals surface area contributed by atoms with Gasteiger partial charge in [-0.25, -0.2) is 0 Å². The first-order valence-corrected chi connectivity index (χ1v) is 6.53. The van der Waals surface area contributed by atoms with Crippen LogP contribution in [0.4, 0.5) is 0 Å². The highest BCUT2D eigenvalue weighted by Crippen LogP contribution is 2.16. The average Bonchev–Trinajstić information content (AvgIpc) is 2.41. The standard InChI is InChI=1S/C17H21N/c1-13-3-5-15(6-4-13)11-16-7-9-17(10-8-16)14(2)12-18/h3-10,14H,11-12,18H2,1-2H3. The van der Waals surface area contributed by atoms with Crippen LogP contribution in [-0.4, -0.2) is 6.54 Å². The molecule has 94 valence electrons. The molecule has 0 aliphatic heterocycles. The van der Waals surface area contributed by atoms with E-state index in [0.717, 1.165) is 6.42 Å². The summed E-state index contributed by atoms with van der Waals surface area (Å²) in [7, 11) is 0. The molecule has 1 heteroatoms. The minimum Gasteiger partial charge on any atom is -0.330 e. The lowest BCUT2D eigenvalue weighted by Gasteiger charge is -2.09. The molecular formula is C17H21N. The van der Waals surface area contributed by atoms with E-state index in [1.54, 1.807) is 0 Å². The van der Waals surface area contributed by atoms with E-state index in [1.807, 2.05) is 0 Å². The van der Waals surface area contributed by atoms with E-state index >= 15 is 0 Å². The van der Waals surface area contributed by atoms with Gasteiger partial charge in [0.2, 0.25) is 0 Å². The molecule has 1 unspecified atom stereocenters. The summed E-state index contributed by atoms with van der Waals surface area (Å²) in [6, 6.07) is 17.5. The summed E-state index contributed by atoms with van der Waals surface area (Å²) in [5.74, 6) is 0.443. The molecule has 0 saturated carbocycles. The number of hydrogen-bond donors (Lipinski definition) is 1. The Bertz CT molecular complexity index is 482. The summed E-state index contributed by atoms with van der Waals surface area (Å²) >= 11 is 0. The van der Waals surface area contributed by atoms with Crippen molar-refractivity contribution in [3.05, 3.63) is 70.8 Å². The molecule has 0 saturated heterocycles. The molecular weight excluding hydrogens is 218 g/mol. The highest BCUT2D eigenvalue weighted by atomic mass is 14.5. The third kappa shape index (κ3) is 3.21. The third-order valence-corrected chi connectivity index (χ3v) is 3.43. The lowest BCUT2D eigenvalue weighted by atomic mass is 9.97. The van der Waals surface area contributed by atoms with Crippen LogP contribution >= 0.6 is 0 Å². The van der Waals surface area contributed by atoms with Gasteiger partial charge in [-0.05, 0) is 42.5 Å². The van der Waals surface area contributed by atoms with E-state index in [1.165, 1.54) is 22.3 Å². The molecule has 2 aromatic carbocycles. The number of nitrogens with two attached hydrogens (primary N) is 1. The van der Waals surface area contributed by atoms with Gasteiger partial charge in [0.15, 0.2) is 0 Å². The number of rotatable bonds is 4. The first kappa shape index (κ1) is 12.8. The Morgan fingerprint density at radius 2 is 1.39 bits per heavy atom. The summed E-state index contributed by atoms with van der Waals surface area (Å²) in [4.78, 5) is 0. The molecule has 0 bridgehead atoms. The van der Waals surface area contributed by atoms with Gasteiger partial charge in [0.1, 0.15) is 0 Å². The van der Waals surface area contributed by atoms with Crippen LogP contribution < -0.4 is 5.73 Å². The molecule has 0 aliphatic rings. The van der Waals surface area contributed by atoms with Crippen molar-refractivity contribution in [2.45, 2.75) is 26.2 Å². The van der Waals surface area contributed by atoms with Gasteiger partial charge in [0, 0.05) is 0 Å². The third-order valence-electron chi connectivity index (χ3n) is 3.43. The Labute approximate surface area is 110 Å². The summed E-state index contributed by atoms with van der Waals surface area (Å²) in [5, 5.41) is 0. The molecule has 2 rings (SSSR count). The van der Waals surface area contributed by atoms with Gasteiger partial charge in [-0.2, -0.15) is 0 Å². The molecule has 1 atom stereocenters. The Morgan fingerprint density at radius 3 is 1.89 bits per heavy atom. The Balaban J connectivity index is 2.08. The van der Waals surface area contributed by atoms with E-state index in [9.17, 15) is 0 Å². The predicted octanol–water partition coefficient (Wildman–Crippen LogP) is 3.65. The molecule has 0 aromatic heterocycles.